The molecule has 0 saturated heterocycles. The summed E-state index contributed by atoms with van der Waals surface area (Å²) in [7, 11) is 1.80. The molecule has 0 aliphatic heterocycles. The lowest BCUT2D eigenvalue weighted by Gasteiger charge is -2.00. The quantitative estimate of drug-likeness (QED) is 0.604. The number of aromatic nitrogens is 3. The summed E-state index contributed by atoms with van der Waals surface area (Å²) in [6, 6.07) is 0. The van der Waals surface area contributed by atoms with Gasteiger partial charge in [0.05, 0.1) is 0 Å². The molecule has 5 heteroatoms. The van der Waals surface area contributed by atoms with Gasteiger partial charge in [-0.2, -0.15) is 9.78 Å². The van der Waals surface area contributed by atoms with Crippen LogP contribution in [-0.4, -0.2) is 16.0 Å². The number of carbonyl (C=O) groups excluding carboxylic acids is 1. The Hall–Kier alpha value is -1.39. The number of anilines is 1. The van der Waals surface area contributed by atoms with Crippen LogP contribution >= 0.6 is 0 Å². The Labute approximate surface area is 70.8 Å². The highest BCUT2D eigenvalue weighted by molar-refractivity contribution is 5.90. The molecular formula is C7H13N4O+. The van der Waals surface area contributed by atoms with E-state index in [1.54, 1.807) is 18.1 Å². The van der Waals surface area contributed by atoms with Crippen molar-refractivity contribution >= 4 is 11.9 Å². The summed E-state index contributed by atoms with van der Waals surface area (Å²) in [6.45, 7) is 3.66. The van der Waals surface area contributed by atoms with E-state index in [1.165, 1.54) is 0 Å². The van der Waals surface area contributed by atoms with E-state index >= 15 is 0 Å². The second-order valence-corrected chi connectivity index (χ2v) is 2.96. The van der Waals surface area contributed by atoms with Crippen LogP contribution in [0.25, 0.3) is 0 Å². The van der Waals surface area contributed by atoms with Gasteiger partial charge in [-0.3, -0.25) is 10.1 Å². The molecule has 1 rings (SSSR count). The minimum Gasteiger partial charge on any atom is -0.274 e. The summed E-state index contributed by atoms with van der Waals surface area (Å²) in [5.74, 6) is 0.418. The number of nitrogens with zero attached hydrogens (tertiary/aromatic N) is 2. The molecule has 1 aromatic heterocycles. The third-order valence-corrected chi connectivity index (χ3v) is 1.41. The largest absolute Gasteiger partial charge is 0.354 e. The van der Waals surface area contributed by atoms with Crippen molar-refractivity contribution in [2.45, 2.75) is 13.8 Å². The number of H-pyrrole nitrogens is 1. The van der Waals surface area contributed by atoms with Gasteiger partial charge in [-0.25, -0.2) is 0 Å². The molecule has 0 atom stereocenters. The van der Waals surface area contributed by atoms with Crippen molar-refractivity contribution in [2.75, 3.05) is 5.32 Å². The lowest BCUT2D eigenvalue weighted by Crippen LogP contribution is -2.29. The van der Waals surface area contributed by atoms with Crippen molar-refractivity contribution in [3.05, 3.63) is 6.33 Å². The second-order valence-electron chi connectivity index (χ2n) is 2.96. The first-order valence-corrected chi connectivity index (χ1v) is 3.81. The van der Waals surface area contributed by atoms with Crippen molar-refractivity contribution < 1.29 is 9.48 Å². The molecule has 1 aromatic rings. The van der Waals surface area contributed by atoms with E-state index in [2.05, 4.69) is 15.4 Å². The first-order chi connectivity index (χ1) is 5.59. The molecule has 0 fully saturated rings. The Kier molecular flexibility index (Phi) is 2.42. The number of hydrogen-bond donors (Lipinski definition) is 2. The predicted octanol–water partition coefficient (Wildman–Crippen LogP) is -0.171. The Morgan fingerprint density at radius 2 is 2.42 bits per heavy atom. The van der Waals surface area contributed by atoms with Crippen LogP contribution in [0.1, 0.15) is 13.8 Å². The Morgan fingerprint density at radius 1 is 1.75 bits per heavy atom. The fourth-order valence-corrected chi connectivity index (χ4v) is 0.690. The molecular weight excluding hydrogens is 156 g/mol. The number of amides is 1. The third kappa shape index (κ3) is 2.05. The van der Waals surface area contributed by atoms with E-state index in [9.17, 15) is 4.79 Å². The predicted molar refractivity (Wildman–Crippen MR) is 43.2 cm³/mol. The van der Waals surface area contributed by atoms with Crippen LogP contribution in [-0.2, 0) is 11.8 Å². The monoisotopic (exact) mass is 169 g/mol. The van der Waals surface area contributed by atoms with Crippen LogP contribution in [0.15, 0.2) is 6.33 Å². The minimum absolute atomic E-state index is 0.0274. The summed E-state index contributed by atoms with van der Waals surface area (Å²) in [5.41, 5.74) is 0. The van der Waals surface area contributed by atoms with Crippen LogP contribution in [0.4, 0.5) is 5.95 Å². The molecule has 1 amide bonds. The van der Waals surface area contributed by atoms with Crippen LogP contribution in [0.5, 0.6) is 0 Å². The number of carbonyl (C=O) groups is 1. The van der Waals surface area contributed by atoms with Crippen molar-refractivity contribution in [1.29, 1.82) is 0 Å². The normalized spacial score (nSPS) is 10.3. The van der Waals surface area contributed by atoms with Gasteiger partial charge in [-0.05, 0) is 4.98 Å². The van der Waals surface area contributed by atoms with E-state index in [1.807, 2.05) is 13.8 Å². The van der Waals surface area contributed by atoms with E-state index in [0.717, 1.165) is 0 Å². The Balaban J connectivity index is 2.58. The zero-order chi connectivity index (χ0) is 9.14. The van der Waals surface area contributed by atoms with Crippen molar-refractivity contribution in [1.82, 2.24) is 10.1 Å². The zero-order valence-electron chi connectivity index (χ0n) is 7.46. The van der Waals surface area contributed by atoms with Crippen molar-refractivity contribution in [2.24, 2.45) is 13.0 Å². The molecule has 0 spiro atoms. The standard InChI is InChI=1S/C7H12N4O/c1-5(2)6(12)9-7-8-4-11(3)10-7/h4-5H,1-3H3,(H,9,10,12)/p+1. The molecule has 0 saturated carbocycles. The van der Waals surface area contributed by atoms with Gasteiger partial charge in [-0.15, -0.1) is 0 Å². The van der Waals surface area contributed by atoms with E-state index in [4.69, 9.17) is 0 Å². The molecule has 0 radical (unpaired) electrons. The summed E-state index contributed by atoms with van der Waals surface area (Å²) in [5, 5.41) is 5.47. The fourth-order valence-electron chi connectivity index (χ4n) is 0.690. The third-order valence-electron chi connectivity index (χ3n) is 1.41. The van der Waals surface area contributed by atoms with Crippen LogP contribution < -0.4 is 10.00 Å². The first-order valence-electron chi connectivity index (χ1n) is 3.81. The van der Waals surface area contributed by atoms with E-state index < -0.39 is 0 Å². The maximum atomic E-state index is 11.1. The molecule has 0 aliphatic carbocycles. The van der Waals surface area contributed by atoms with E-state index in [0.29, 0.717) is 5.95 Å². The molecule has 2 N–H and O–H groups in total. The Morgan fingerprint density at radius 3 is 2.83 bits per heavy atom. The van der Waals surface area contributed by atoms with Gasteiger partial charge in [0.1, 0.15) is 7.05 Å². The van der Waals surface area contributed by atoms with Gasteiger partial charge in [0.15, 0.2) is 0 Å². The summed E-state index contributed by atoms with van der Waals surface area (Å²) in [4.78, 5) is 15.1. The highest BCUT2D eigenvalue weighted by atomic mass is 16.2. The number of aromatic amines is 1. The summed E-state index contributed by atoms with van der Waals surface area (Å²) >= 11 is 0. The van der Waals surface area contributed by atoms with Gasteiger partial charge < -0.3 is 0 Å². The minimum atomic E-state index is -0.0371. The van der Waals surface area contributed by atoms with Gasteiger partial charge >= 0.3 is 12.3 Å². The first kappa shape index (κ1) is 8.70. The summed E-state index contributed by atoms with van der Waals surface area (Å²) in [6.07, 6.45) is 1.59. The molecule has 5 nitrogen and oxygen atoms in total. The fraction of sp³-hybridized carbons (Fsp3) is 0.571. The number of rotatable bonds is 2. The second kappa shape index (κ2) is 3.34. The van der Waals surface area contributed by atoms with Gasteiger partial charge in [-0.1, -0.05) is 13.8 Å². The Bertz CT molecular complexity index is 279. The van der Waals surface area contributed by atoms with Crippen LogP contribution in [0.3, 0.4) is 0 Å². The molecule has 0 bridgehead atoms. The van der Waals surface area contributed by atoms with Crippen LogP contribution in [0.2, 0.25) is 0 Å². The van der Waals surface area contributed by atoms with Crippen molar-refractivity contribution in [3.8, 4) is 0 Å². The average Bonchev–Trinajstić information content (AvgIpc) is 2.35. The van der Waals surface area contributed by atoms with Gasteiger partial charge in [0.25, 0.3) is 0 Å². The number of hydrogen-bond acceptors (Lipinski definition) is 2. The highest BCUT2D eigenvalue weighted by Crippen LogP contribution is 1.97. The summed E-state index contributed by atoms with van der Waals surface area (Å²) < 4.78 is 1.66. The number of nitrogens with one attached hydrogen (secondary N) is 2. The molecule has 66 valence electrons. The zero-order valence-corrected chi connectivity index (χ0v) is 7.46. The SMILES string of the molecule is CC(C)C(=O)Nc1nc[n+](C)[nH]1. The maximum Gasteiger partial charge on any atom is 0.354 e. The highest BCUT2D eigenvalue weighted by Gasteiger charge is 2.12. The van der Waals surface area contributed by atoms with Gasteiger partial charge in [0, 0.05) is 5.92 Å². The number of aryl methyl sites for hydroxylation is 1. The lowest BCUT2D eigenvalue weighted by atomic mass is 10.2. The molecule has 0 aromatic carbocycles. The van der Waals surface area contributed by atoms with Gasteiger partial charge in [0.2, 0.25) is 5.91 Å². The molecule has 0 aliphatic rings. The smallest absolute Gasteiger partial charge is 0.274 e. The van der Waals surface area contributed by atoms with Crippen molar-refractivity contribution in [3.63, 3.8) is 0 Å². The molecule has 12 heavy (non-hydrogen) atoms. The maximum absolute atomic E-state index is 11.1. The molecule has 0 unspecified atom stereocenters. The van der Waals surface area contributed by atoms with E-state index in [-0.39, 0.29) is 11.8 Å². The lowest BCUT2D eigenvalue weighted by molar-refractivity contribution is -0.727. The van der Waals surface area contributed by atoms with Crippen LogP contribution in [0, 0.1) is 5.92 Å². The topological polar surface area (TPSA) is 61.7 Å². The average molecular weight is 169 g/mol. The molecule has 1 heterocycles.